The molecule has 1 atom stereocenters. The minimum atomic E-state index is -3.59. The number of nitrogens with one attached hydrogen (secondary N) is 2. The molecule has 2 aromatic rings. The summed E-state index contributed by atoms with van der Waals surface area (Å²) in [6, 6.07) is 4.72. The molecule has 112 valence electrons. The summed E-state index contributed by atoms with van der Waals surface area (Å²) < 4.78 is 27.8. The van der Waals surface area contributed by atoms with Crippen molar-refractivity contribution >= 4 is 27.2 Å². The SMILES string of the molecule is NNc1cc(S(=O)(=O)NC2CCCc3sccc32)ccn1. The number of nitrogens with zero attached hydrogens (tertiary/aromatic N) is 1. The lowest BCUT2D eigenvalue weighted by molar-refractivity contribution is 0.511. The average Bonchev–Trinajstić information content (AvgIpc) is 2.97. The predicted octanol–water partition coefficient (Wildman–Crippen LogP) is 1.78. The summed E-state index contributed by atoms with van der Waals surface area (Å²) in [5, 5.41) is 2.01. The molecule has 0 saturated carbocycles. The van der Waals surface area contributed by atoms with Crippen molar-refractivity contribution in [2.75, 3.05) is 5.43 Å². The van der Waals surface area contributed by atoms with Gasteiger partial charge in [-0.05, 0) is 42.3 Å². The summed E-state index contributed by atoms with van der Waals surface area (Å²) in [6.45, 7) is 0. The zero-order valence-electron chi connectivity index (χ0n) is 11.2. The Morgan fingerprint density at radius 2 is 2.24 bits per heavy atom. The van der Waals surface area contributed by atoms with Gasteiger partial charge in [0.05, 0.1) is 4.90 Å². The number of nitrogen functional groups attached to an aromatic ring is 1. The molecule has 0 aromatic carbocycles. The van der Waals surface area contributed by atoms with Crippen LogP contribution in [0.4, 0.5) is 5.82 Å². The molecule has 0 bridgehead atoms. The maximum Gasteiger partial charge on any atom is 0.241 e. The second-order valence-electron chi connectivity index (χ2n) is 4.89. The zero-order chi connectivity index (χ0) is 14.9. The second-order valence-corrected chi connectivity index (χ2v) is 7.60. The normalized spacial score (nSPS) is 18.2. The molecule has 0 radical (unpaired) electrons. The number of anilines is 1. The Kier molecular flexibility index (Phi) is 3.94. The van der Waals surface area contributed by atoms with Gasteiger partial charge in [-0.15, -0.1) is 11.3 Å². The lowest BCUT2D eigenvalue weighted by Gasteiger charge is -2.23. The van der Waals surface area contributed by atoms with E-state index in [9.17, 15) is 8.42 Å². The minimum absolute atomic E-state index is 0.160. The van der Waals surface area contributed by atoms with Crippen molar-refractivity contribution in [3.05, 3.63) is 40.2 Å². The Morgan fingerprint density at radius 3 is 3.05 bits per heavy atom. The molecule has 6 nitrogen and oxygen atoms in total. The van der Waals surface area contributed by atoms with E-state index in [1.54, 1.807) is 11.3 Å². The van der Waals surface area contributed by atoms with Gasteiger partial charge in [0, 0.05) is 23.2 Å². The number of aryl methyl sites for hydroxylation is 1. The number of sulfonamides is 1. The first-order chi connectivity index (χ1) is 10.1. The molecule has 2 heterocycles. The predicted molar refractivity (Wildman–Crippen MR) is 82.4 cm³/mol. The van der Waals surface area contributed by atoms with Crippen molar-refractivity contribution in [3.8, 4) is 0 Å². The topological polar surface area (TPSA) is 97.1 Å². The van der Waals surface area contributed by atoms with E-state index >= 15 is 0 Å². The highest BCUT2D eigenvalue weighted by atomic mass is 32.2. The molecule has 0 spiro atoms. The number of hydrazine groups is 1. The van der Waals surface area contributed by atoms with Gasteiger partial charge in [-0.3, -0.25) is 0 Å². The number of nitrogens with two attached hydrogens (primary N) is 1. The molecule has 8 heteroatoms. The molecule has 1 aliphatic rings. The van der Waals surface area contributed by atoms with Gasteiger partial charge >= 0.3 is 0 Å². The number of hydrogen-bond acceptors (Lipinski definition) is 6. The first-order valence-electron chi connectivity index (χ1n) is 6.61. The van der Waals surface area contributed by atoms with Crippen molar-refractivity contribution in [1.29, 1.82) is 0 Å². The van der Waals surface area contributed by atoms with Crippen LogP contribution in [0.5, 0.6) is 0 Å². The summed E-state index contributed by atoms with van der Waals surface area (Å²) in [4.78, 5) is 5.35. The highest BCUT2D eigenvalue weighted by molar-refractivity contribution is 7.89. The van der Waals surface area contributed by atoms with E-state index in [1.807, 2.05) is 11.4 Å². The van der Waals surface area contributed by atoms with Gasteiger partial charge in [-0.2, -0.15) is 0 Å². The third-order valence-electron chi connectivity index (χ3n) is 3.54. The van der Waals surface area contributed by atoms with Crippen LogP contribution in [0.15, 0.2) is 34.7 Å². The Bertz CT molecular complexity index is 742. The van der Waals surface area contributed by atoms with Crippen LogP contribution in [0.25, 0.3) is 0 Å². The summed E-state index contributed by atoms with van der Waals surface area (Å²) in [5.74, 6) is 5.59. The van der Waals surface area contributed by atoms with E-state index in [0.717, 1.165) is 24.8 Å². The molecule has 0 saturated heterocycles. The lowest BCUT2D eigenvalue weighted by atomic mass is 9.95. The molecule has 2 aromatic heterocycles. The minimum Gasteiger partial charge on any atom is -0.308 e. The number of rotatable bonds is 4. The molecular weight excluding hydrogens is 308 g/mol. The molecule has 1 unspecified atom stereocenters. The molecule has 0 aliphatic heterocycles. The summed E-state index contributed by atoms with van der Waals surface area (Å²) in [5.41, 5.74) is 3.45. The largest absolute Gasteiger partial charge is 0.308 e. The molecule has 0 amide bonds. The lowest BCUT2D eigenvalue weighted by Crippen LogP contribution is -2.30. The highest BCUT2D eigenvalue weighted by Crippen LogP contribution is 2.34. The van der Waals surface area contributed by atoms with Gasteiger partial charge in [0.15, 0.2) is 0 Å². The first kappa shape index (κ1) is 14.5. The summed E-state index contributed by atoms with van der Waals surface area (Å²) >= 11 is 1.69. The van der Waals surface area contributed by atoms with Crippen LogP contribution in [0.2, 0.25) is 0 Å². The van der Waals surface area contributed by atoms with E-state index in [4.69, 9.17) is 5.84 Å². The van der Waals surface area contributed by atoms with Crippen LogP contribution in [0.3, 0.4) is 0 Å². The fourth-order valence-electron chi connectivity index (χ4n) is 2.52. The van der Waals surface area contributed by atoms with Crippen molar-refractivity contribution in [3.63, 3.8) is 0 Å². The summed E-state index contributed by atoms with van der Waals surface area (Å²) in [6.07, 6.45) is 4.26. The smallest absolute Gasteiger partial charge is 0.241 e. The van der Waals surface area contributed by atoms with Crippen molar-refractivity contribution in [1.82, 2.24) is 9.71 Å². The number of pyridine rings is 1. The number of hydrogen-bond donors (Lipinski definition) is 3. The average molecular weight is 324 g/mol. The standard InChI is InChI=1S/C13H16N4O2S2/c14-16-13-8-9(4-6-15-13)21(18,19)17-11-2-1-3-12-10(11)5-7-20-12/h4-8,11,17H,1-3,14H2,(H,15,16). The third kappa shape index (κ3) is 2.93. The quantitative estimate of drug-likeness (QED) is 0.588. The Morgan fingerprint density at radius 1 is 1.38 bits per heavy atom. The van der Waals surface area contributed by atoms with E-state index in [0.29, 0.717) is 5.82 Å². The number of thiophene rings is 1. The van der Waals surface area contributed by atoms with Gasteiger partial charge in [0.2, 0.25) is 10.0 Å². The third-order valence-corrected chi connectivity index (χ3v) is 6.00. The van der Waals surface area contributed by atoms with Crippen LogP contribution in [-0.2, 0) is 16.4 Å². The highest BCUT2D eigenvalue weighted by Gasteiger charge is 2.26. The fraction of sp³-hybridized carbons (Fsp3) is 0.308. The fourth-order valence-corrected chi connectivity index (χ4v) is 4.77. The number of fused-ring (bicyclic) bond motifs is 1. The van der Waals surface area contributed by atoms with Gasteiger partial charge in [-0.25, -0.2) is 24.0 Å². The van der Waals surface area contributed by atoms with E-state index in [1.165, 1.54) is 23.2 Å². The molecule has 21 heavy (non-hydrogen) atoms. The van der Waals surface area contributed by atoms with Crippen molar-refractivity contribution in [2.45, 2.75) is 30.2 Å². The zero-order valence-corrected chi connectivity index (χ0v) is 12.9. The van der Waals surface area contributed by atoms with Crippen LogP contribution in [0, 0.1) is 0 Å². The monoisotopic (exact) mass is 324 g/mol. The van der Waals surface area contributed by atoms with Gasteiger partial charge in [0.25, 0.3) is 0 Å². The van der Waals surface area contributed by atoms with E-state index in [-0.39, 0.29) is 10.9 Å². The van der Waals surface area contributed by atoms with E-state index in [2.05, 4.69) is 15.1 Å². The van der Waals surface area contributed by atoms with Crippen molar-refractivity contribution in [2.24, 2.45) is 5.84 Å². The summed E-state index contributed by atoms with van der Waals surface area (Å²) in [7, 11) is -3.59. The van der Waals surface area contributed by atoms with Gasteiger partial charge in [-0.1, -0.05) is 0 Å². The Hall–Kier alpha value is -1.48. The van der Waals surface area contributed by atoms with Crippen molar-refractivity contribution < 1.29 is 8.42 Å². The van der Waals surface area contributed by atoms with Gasteiger partial charge < -0.3 is 5.43 Å². The first-order valence-corrected chi connectivity index (χ1v) is 8.98. The molecule has 3 rings (SSSR count). The maximum atomic E-state index is 12.5. The van der Waals surface area contributed by atoms with Crippen LogP contribution < -0.4 is 16.0 Å². The maximum absolute atomic E-state index is 12.5. The molecule has 0 fully saturated rings. The van der Waals surface area contributed by atoms with Gasteiger partial charge in [0.1, 0.15) is 5.82 Å². The second kappa shape index (κ2) is 5.72. The molecule has 1 aliphatic carbocycles. The molecular formula is C13H16N4O2S2. The van der Waals surface area contributed by atoms with E-state index < -0.39 is 10.0 Å². The molecule has 4 N–H and O–H groups in total. The Balaban J connectivity index is 1.87. The Labute approximate surface area is 127 Å². The van der Waals surface area contributed by atoms with Crippen LogP contribution in [-0.4, -0.2) is 13.4 Å². The van der Waals surface area contributed by atoms with Crippen LogP contribution in [0.1, 0.15) is 29.3 Å². The number of aromatic nitrogens is 1. The van der Waals surface area contributed by atoms with Crippen LogP contribution >= 0.6 is 11.3 Å².